The highest BCUT2D eigenvalue weighted by atomic mass is 16.6. The second-order valence-corrected chi connectivity index (χ2v) is 8.00. The number of nitrogens with one attached hydrogen (secondary N) is 2. The zero-order valence-electron chi connectivity index (χ0n) is 17.8. The number of benzene rings is 1. The largest absolute Gasteiger partial charge is 0.481 e. The molecule has 9 nitrogen and oxygen atoms in total. The highest BCUT2D eigenvalue weighted by Gasteiger charge is 2.25. The van der Waals surface area contributed by atoms with Gasteiger partial charge in [-0.2, -0.15) is 0 Å². The Bertz CT molecular complexity index is 675. The van der Waals surface area contributed by atoms with Crippen LogP contribution in [0.3, 0.4) is 0 Å². The van der Waals surface area contributed by atoms with Crippen LogP contribution in [0.15, 0.2) is 30.3 Å². The van der Waals surface area contributed by atoms with Crippen molar-refractivity contribution in [3.63, 3.8) is 0 Å². The predicted octanol–water partition coefficient (Wildman–Crippen LogP) is 2.78. The lowest BCUT2D eigenvalue weighted by atomic mass is 10.00. The van der Waals surface area contributed by atoms with Gasteiger partial charge in [-0.3, -0.25) is 4.79 Å². The van der Waals surface area contributed by atoms with E-state index < -0.39 is 35.8 Å². The van der Waals surface area contributed by atoms with Crippen molar-refractivity contribution in [1.29, 1.82) is 0 Å². The Labute approximate surface area is 177 Å². The number of hydrogen-bond donors (Lipinski definition) is 4. The lowest BCUT2D eigenvalue weighted by molar-refractivity contribution is -0.137. The maximum atomic E-state index is 12.0. The molecule has 1 aromatic rings. The van der Waals surface area contributed by atoms with Crippen molar-refractivity contribution < 1.29 is 29.0 Å². The predicted molar refractivity (Wildman–Crippen MR) is 112 cm³/mol. The van der Waals surface area contributed by atoms with E-state index in [-0.39, 0.29) is 13.0 Å². The summed E-state index contributed by atoms with van der Waals surface area (Å²) in [5.74, 6) is -1.04. The smallest absolute Gasteiger partial charge is 0.407 e. The maximum absolute atomic E-state index is 12.0. The molecule has 0 radical (unpaired) electrons. The first kappa shape index (κ1) is 25.2. The first-order chi connectivity index (χ1) is 14.1. The molecule has 168 valence electrons. The maximum Gasteiger partial charge on any atom is 0.407 e. The second kappa shape index (κ2) is 12.7. The normalized spacial score (nSPS) is 13.1. The molecule has 0 fully saturated rings. The Morgan fingerprint density at radius 2 is 1.77 bits per heavy atom. The van der Waals surface area contributed by atoms with Gasteiger partial charge in [-0.05, 0) is 45.6 Å². The fourth-order valence-corrected chi connectivity index (χ4v) is 2.65. The third-order valence-electron chi connectivity index (χ3n) is 4.05. The van der Waals surface area contributed by atoms with Gasteiger partial charge < -0.3 is 30.9 Å². The summed E-state index contributed by atoms with van der Waals surface area (Å²) in [6.07, 6.45) is 0.263. The fourth-order valence-electron chi connectivity index (χ4n) is 2.65. The monoisotopic (exact) mass is 423 g/mol. The van der Waals surface area contributed by atoms with Crippen LogP contribution < -0.4 is 16.4 Å². The Balaban J connectivity index is 2.36. The number of carbonyl (C=O) groups is 3. The zero-order chi connectivity index (χ0) is 22.6. The van der Waals surface area contributed by atoms with Crippen LogP contribution in [0.1, 0.15) is 52.0 Å². The van der Waals surface area contributed by atoms with E-state index in [9.17, 15) is 14.4 Å². The van der Waals surface area contributed by atoms with Gasteiger partial charge >= 0.3 is 18.2 Å². The summed E-state index contributed by atoms with van der Waals surface area (Å²) in [5, 5.41) is 14.3. The van der Waals surface area contributed by atoms with E-state index in [4.69, 9.17) is 20.3 Å². The van der Waals surface area contributed by atoms with Crippen LogP contribution >= 0.6 is 0 Å². The Kier molecular flexibility index (Phi) is 10.7. The Morgan fingerprint density at radius 1 is 1.10 bits per heavy atom. The molecule has 0 unspecified atom stereocenters. The van der Waals surface area contributed by atoms with Crippen molar-refractivity contribution >= 4 is 18.2 Å². The average molecular weight is 424 g/mol. The van der Waals surface area contributed by atoms with E-state index in [0.717, 1.165) is 5.56 Å². The van der Waals surface area contributed by atoms with E-state index in [0.29, 0.717) is 25.8 Å². The first-order valence-corrected chi connectivity index (χ1v) is 9.98. The summed E-state index contributed by atoms with van der Waals surface area (Å²) in [6, 6.07) is 8.05. The summed E-state index contributed by atoms with van der Waals surface area (Å²) in [7, 11) is 0. The van der Waals surface area contributed by atoms with Crippen LogP contribution in [-0.2, 0) is 20.9 Å². The van der Waals surface area contributed by atoms with E-state index in [1.54, 1.807) is 20.8 Å². The van der Waals surface area contributed by atoms with Gasteiger partial charge in [0.1, 0.15) is 12.2 Å². The molecule has 2 amide bonds. The van der Waals surface area contributed by atoms with Gasteiger partial charge in [-0.1, -0.05) is 30.3 Å². The van der Waals surface area contributed by atoms with E-state index in [1.807, 2.05) is 30.3 Å². The highest BCUT2D eigenvalue weighted by Crippen LogP contribution is 2.11. The molecule has 0 saturated carbocycles. The molecule has 0 aliphatic carbocycles. The first-order valence-electron chi connectivity index (χ1n) is 9.98. The quantitative estimate of drug-likeness (QED) is 0.401. The number of nitrogens with two attached hydrogens (primary N) is 1. The number of unbranched alkanes of at least 4 members (excludes halogenated alkanes) is 1. The number of alkyl carbamates (subject to hydrolysis) is 2. The van der Waals surface area contributed by atoms with Gasteiger partial charge in [0.05, 0.1) is 6.42 Å². The Morgan fingerprint density at radius 3 is 2.37 bits per heavy atom. The standard InChI is InChI=1S/C21H33N3O6/c1-21(2,3)30-20(28)24-17(16(22)13-18(25)26)11-7-8-12-23-19(27)29-14-15-9-5-4-6-10-15/h4-6,9-10,16-17H,7-8,11-14,22H2,1-3H3,(H,23,27)(H,24,28)(H,25,26)/t16-,17+/m1/s1. The molecule has 0 spiro atoms. The molecule has 0 bridgehead atoms. The number of hydrogen-bond acceptors (Lipinski definition) is 6. The van der Waals surface area contributed by atoms with Crippen molar-refractivity contribution in [2.24, 2.45) is 5.73 Å². The molecule has 1 aromatic carbocycles. The van der Waals surface area contributed by atoms with Crippen molar-refractivity contribution in [2.75, 3.05) is 6.54 Å². The summed E-state index contributed by atoms with van der Waals surface area (Å²) in [5.41, 5.74) is 6.18. The fraction of sp³-hybridized carbons (Fsp3) is 0.571. The summed E-state index contributed by atoms with van der Waals surface area (Å²) >= 11 is 0. The van der Waals surface area contributed by atoms with Crippen LogP contribution in [-0.4, -0.2) is 47.5 Å². The second-order valence-electron chi connectivity index (χ2n) is 8.00. The third kappa shape index (κ3) is 11.9. The SMILES string of the molecule is CC(C)(C)OC(=O)N[C@@H](CCCCNC(=O)OCc1ccccc1)[C@H](N)CC(=O)O. The number of ether oxygens (including phenoxy) is 2. The van der Waals surface area contributed by atoms with Gasteiger partial charge in [0.2, 0.25) is 0 Å². The minimum Gasteiger partial charge on any atom is -0.481 e. The minimum atomic E-state index is -1.04. The topological polar surface area (TPSA) is 140 Å². The van der Waals surface area contributed by atoms with E-state index in [2.05, 4.69) is 10.6 Å². The molecule has 2 atom stereocenters. The highest BCUT2D eigenvalue weighted by molar-refractivity contribution is 5.70. The number of aliphatic carboxylic acids is 1. The van der Waals surface area contributed by atoms with Crippen LogP contribution in [0.4, 0.5) is 9.59 Å². The van der Waals surface area contributed by atoms with Crippen molar-refractivity contribution in [3.05, 3.63) is 35.9 Å². The van der Waals surface area contributed by atoms with Crippen molar-refractivity contribution in [3.8, 4) is 0 Å². The number of carboxylic acids is 1. The molecule has 9 heteroatoms. The van der Waals surface area contributed by atoms with Gasteiger partial charge in [0.25, 0.3) is 0 Å². The minimum absolute atomic E-state index is 0.193. The van der Waals surface area contributed by atoms with Crippen molar-refractivity contribution in [2.45, 2.75) is 70.7 Å². The van der Waals surface area contributed by atoms with Crippen LogP contribution in [0.5, 0.6) is 0 Å². The molecule has 0 heterocycles. The zero-order valence-corrected chi connectivity index (χ0v) is 17.8. The molecular formula is C21H33N3O6. The van der Waals surface area contributed by atoms with Crippen LogP contribution in [0.2, 0.25) is 0 Å². The summed E-state index contributed by atoms with van der Waals surface area (Å²) in [6.45, 7) is 5.80. The summed E-state index contributed by atoms with van der Waals surface area (Å²) < 4.78 is 10.3. The molecule has 0 saturated heterocycles. The molecule has 0 aromatic heterocycles. The van der Waals surface area contributed by atoms with Gasteiger partial charge in [0.15, 0.2) is 0 Å². The van der Waals surface area contributed by atoms with Gasteiger partial charge in [-0.15, -0.1) is 0 Å². The van der Waals surface area contributed by atoms with Crippen LogP contribution in [0.25, 0.3) is 0 Å². The lowest BCUT2D eigenvalue weighted by Gasteiger charge is -2.26. The number of carbonyl (C=O) groups excluding carboxylic acids is 2. The molecule has 1 rings (SSSR count). The van der Waals surface area contributed by atoms with E-state index in [1.165, 1.54) is 0 Å². The number of carboxylic acid groups (broad SMARTS) is 1. The van der Waals surface area contributed by atoms with Gasteiger partial charge in [-0.25, -0.2) is 9.59 Å². The average Bonchev–Trinajstić information content (AvgIpc) is 2.64. The van der Waals surface area contributed by atoms with Crippen LogP contribution in [0, 0.1) is 0 Å². The Hall–Kier alpha value is -2.81. The molecule has 0 aliphatic heterocycles. The molecular weight excluding hydrogens is 390 g/mol. The third-order valence-corrected chi connectivity index (χ3v) is 4.05. The number of amides is 2. The molecule has 5 N–H and O–H groups in total. The molecule has 30 heavy (non-hydrogen) atoms. The van der Waals surface area contributed by atoms with Gasteiger partial charge in [0, 0.05) is 18.6 Å². The molecule has 0 aliphatic rings. The van der Waals surface area contributed by atoms with Crippen molar-refractivity contribution in [1.82, 2.24) is 10.6 Å². The van der Waals surface area contributed by atoms with E-state index >= 15 is 0 Å². The summed E-state index contributed by atoms with van der Waals surface area (Å²) in [4.78, 5) is 34.7. The number of rotatable bonds is 11. The lowest BCUT2D eigenvalue weighted by Crippen LogP contribution is -2.49.